The van der Waals surface area contributed by atoms with E-state index in [4.69, 9.17) is 5.11 Å². The summed E-state index contributed by atoms with van der Waals surface area (Å²) < 4.78 is 0. The molecule has 0 amide bonds. The van der Waals surface area contributed by atoms with Crippen LogP contribution in [-0.2, 0) is 11.2 Å². The fraction of sp³-hybridized carbons (Fsp3) is 0.571. The molecule has 0 aliphatic heterocycles. The Bertz CT molecular complexity index is 610. The smallest absolute Gasteiger partial charge is 0.303 e. The van der Waals surface area contributed by atoms with Gasteiger partial charge in [0.15, 0.2) is 0 Å². The van der Waals surface area contributed by atoms with Gasteiger partial charge in [-0.05, 0) is 49.5 Å². The fourth-order valence-corrected chi connectivity index (χ4v) is 4.27. The zero-order valence-corrected chi connectivity index (χ0v) is 16.3. The highest BCUT2D eigenvalue weighted by Crippen LogP contribution is 2.36. The molecule has 1 aliphatic carbocycles. The molecule has 2 rings (SSSR count). The molecule has 0 saturated heterocycles. The summed E-state index contributed by atoms with van der Waals surface area (Å²) in [6.45, 7) is 0. The Morgan fingerprint density at radius 3 is 2.81 bits per heavy atom. The largest absolute Gasteiger partial charge is 0.481 e. The van der Waals surface area contributed by atoms with E-state index in [-0.39, 0.29) is 18.3 Å². The molecular weight excluding hydrogens is 364 g/mol. The number of aliphatic hydroxyl groups is 3. The van der Waals surface area contributed by atoms with Crippen molar-refractivity contribution < 1.29 is 25.2 Å². The summed E-state index contributed by atoms with van der Waals surface area (Å²) in [5, 5.41) is 41.3. The number of aryl methyl sites for hydroxylation is 1. The maximum atomic E-state index is 10.5. The van der Waals surface area contributed by atoms with Crippen LogP contribution in [0.3, 0.4) is 0 Å². The third kappa shape index (κ3) is 7.58. The zero-order valence-electron chi connectivity index (χ0n) is 15.5. The van der Waals surface area contributed by atoms with Gasteiger partial charge in [0.05, 0.1) is 18.3 Å². The van der Waals surface area contributed by atoms with Crippen LogP contribution in [0.1, 0.15) is 43.4 Å². The van der Waals surface area contributed by atoms with Gasteiger partial charge >= 0.3 is 5.97 Å². The van der Waals surface area contributed by atoms with E-state index >= 15 is 0 Å². The van der Waals surface area contributed by atoms with Crippen molar-refractivity contribution in [3.05, 3.63) is 46.7 Å². The van der Waals surface area contributed by atoms with E-state index in [2.05, 4.69) is 6.07 Å². The number of hydrogen-bond donors (Lipinski definition) is 4. The SMILES string of the molecule is O=C(O)CCCC=CC[C@@H]1[C@@H](C=C[C@H](O)CCc2cccs2)[C@H](O)C[C@@H]1O. The van der Waals surface area contributed by atoms with Crippen LogP contribution in [0.4, 0.5) is 0 Å². The normalized spacial score (nSPS) is 26.9. The summed E-state index contributed by atoms with van der Waals surface area (Å²) in [6, 6.07) is 4.05. The summed E-state index contributed by atoms with van der Waals surface area (Å²) in [5.41, 5.74) is 0. The van der Waals surface area contributed by atoms with E-state index in [1.165, 1.54) is 4.88 Å². The monoisotopic (exact) mass is 394 g/mol. The average Bonchev–Trinajstić information content (AvgIpc) is 3.22. The van der Waals surface area contributed by atoms with Crippen molar-refractivity contribution in [2.75, 3.05) is 0 Å². The van der Waals surface area contributed by atoms with Crippen LogP contribution in [0.15, 0.2) is 41.8 Å². The lowest BCUT2D eigenvalue weighted by molar-refractivity contribution is -0.137. The zero-order chi connectivity index (χ0) is 19.6. The van der Waals surface area contributed by atoms with Gasteiger partial charge in [0, 0.05) is 23.6 Å². The molecule has 0 aromatic carbocycles. The molecule has 1 saturated carbocycles. The first kappa shape index (κ1) is 21.8. The van der Waals surface area contributed by atoms with E-state index in [1.54, 1.807) is 17.4 Å². The first-order valence-corrected chi connectivity index (χ1v) is 10.5. The highest BCUT2D eigenvalue weighted by molar-refractivity contribution is 7.09. The van der Waals surface area contributed by atoms with Gasteiger partial charge in [-0.2, -0.15) is 0 Å². The number of carboxylic acid groups (broad SMARTS) is 1. The molecule has 1 aromatic rings. The van der Waals surface area contributed by atoms with E-state index < -0.39 is 24.3 Å². The predicted molar refractivity (Wildman–Crippen MR) is 107 cm³/mol. The van der Waals surface area contributed by atoms with Crippen LogP contribution in [-0.4, -0.2) is 44.7 Å². The van der Waals surface area contributed by atoms with E-state index in [9.17, 15) is 20.1 Å². The molecule has 0 unspecified atom stereocenters. The van der Waals surface area contributed by atoms with Crippen molar-refractivity contribution in [1.29, 1.82) is 0 Å². The molecule has 0 spiro atoms. The molecule has 1 fully saturated rings. The van der Waals surface area contributed by atoms with Crippen molar-refractivity contribution in [3.8, 4) is 0 Å². The Morgan fingerprint density at radius 1 is 1.30 bits per heavy atom. The standard InChI is InChI=1S/C21H30O5S/c22-15(9-11-16-6-5-13-27-16)10-12-18-17(19(23)14-20(18)24)7-3-1-2-4-8-21(25)26/h1,3,5-6,10,12-13,15,17-20,22-24H,2,4,7-9,11,14H2,(H,25,26)/t15-,17-,18-,19+,20-/m1/s1. The predicted octanol–water partition coefficient (Wildman–Crippen LogP) is 3.16. The van der Waals surface area contributed by atoms with Gasteiger partial charge in [-0.3, -0.25) is 4.79 Å². The molecule has 0 radical (unpaired) electrons. The number of carboxylic acids is 1. The molecule has 4 N–H and O–H groups in total. The molecule has 1 heterocycles. The first-order valence-electron chi connectivity index (χ1n) is 9.59. The lowest BCUT2D eigenvalue weighted by atomic mass is 9.89. The number of thiophene rings is 1. The molecule has 5 nitrogen and oxygen atoms in total. The van der Waals surface area contributed by atoms with Crippen LogP contribution < -0.4 is 0 Å². The second-order valence-electron chi connectivity index (χ2n) is 7.17. The number of hydrogen-bond acceptors (Lipinski definition) is 5. The summed E-state index contributed by atoms with van der Waals surface area (Å²) in [7, 11) is 0. The van der Waals surface area contributed by atoms with E-state index in [0.717, 1.165) is 6.42 Å². The van der Waals surface area contributed by atoms with Crippen molar-refractivity contribution in [1.82, 2.24) is 0 Å². The Morgan fingerprint density at radius 2 is 2.11 bits per heavy atom. The quantitative estimate of drug-likeness (QED) is 0.341. The van der Waals surface area contributed by atoms with Gasteiger partial charge in [0.2, 0.25) is 0 Å². The fourth-order valence-electron chi connectivity index (χ4n) is 3.55. The average molecular weight is 395 g/mol. The molecular formula is C21H30O5S. The number of aliphatic carboxylic acids is 1. The third-order valence-corrected chi connectivity index (χ3v) is 6.01. The van der Waals surface area contributed by atoms with Crippen LogP contribution in [0, 0.1) is 11.8 Å². The molecule has 1 aliphatic rings. The van der Waals surface area contributed by atoms with Gasteiger partial charge in [-0.1, -0.05) is 30.4 Å². The highest BCUT2D eigenvalue weighted by atomic mass is 32.1. The number of aliphatic hydroxyl groups excluding tert-OH is 3. The molecule has 6 heteroatoms. The van der Waals surface area contributed by atoms with Crippen LogP contribution in [0.25, 0.3) is 0 Å². The minimum atomic E-state index is -0.791. The van der Waals surface area contributed by atoms with Gasteiger partial charge in [-0.15, -0.1) is 11.3 Å². The Balaban J connectivity index is 1.81. The van der Waals surface area contributed by atoms with E-state index in [0.29, 0.717) is 32.1 Å². The molecule has 150 valence electrons. The number of rotatable bonds is 11. The van der Waals surface area contributed by atoms with Crippen molar-refractivity contribution in [3.63, 3.8) is 0 Å². The second-order valence-corrected chi connectivity index (χ2v) is 8.21. The molecule has 5 atom stereocenters. The van der Waals surface area contributed by atoms with Gasteiger partial charge in [-0.25, -0.2) is 0 Å². The summed E-state index contributed by atoms with van der Waals surface area (Å²) in [5.74, 6) is -1.06. The second kappa shape index (κ2) is 11.4. The number of carbonyl (C=O) groups is 1. The van der Waals surface area contributed by atoms with Gasteiger partial charge < -0.3 is 20.4 Å². The highest BCUT2D eigenvalue weighted by Gasteiger charge is 2.39. The topological polar surface area (TPSA) is 98.0 Å². The molecule has 0 bridgehead atoms. The van der Waals surface area contributed by atoms with Crippen molar-refractivity contribution in [2.45, 2.75) is 63.3 Å². The van der Waals surface area contributed by atoms with Gasteiger partial charge in [0.25, 0.3) is 0 Å². The number of unbranched alkanes of at least 4 members (excludes halogenated alkanes) is 1. The lowest BCUT2D eigenvalue weighted by Gasteiger charge is -2.19. The Hall–Kier alpha value is -1.47. The van der Waals surface area contributed by atoms with Crippen molar-refractivity contribution in [2.24, 2.45) is 11.8 Å². The minimum absolute atomic E-state index is 0.0866. The van der Waals surface area contributed by atoms with Crippen molar-refractivity contribution >= 4 is 17.3 Å². The van der Waals surface area contributed by atoms with Gasteiger partial charge in [0.1, 0.15) is 0 Å². The summed E-state index contributed by atoms with van der Waals surface area (Å²) in [4.78, 5) is 11.7. The maximum Gasteiger partial charge on any atom is 0.303 e. The minimum Gasteiger partial charge on any atom is -0.481 e. The third-order valence-electron chi connectivity index (χ3n) is 5.07. The lowest BCUT2D eigenvalue weighted by Crippen LogP contribution is -2.20. The summed E-state index contributed by atoms with van der Waals surface area (Å²) in [6.07, 6.45) is 9.63. The molecule has 1 aromatic heterocycles. The maximum absolute atomic E-state index is 10.5. The number of allylic oxidation sites excluding steroid dienone is 2. The van der Waals surface area contributed by atoms with Crippen LogP contribution in [0.5, 0.6) is 0 Å². The first-order chi connectivity index (χ1) is 13.0. The van der Waals surface area contributed by atoms with E-state index in [1.807, 2.05) is 29.7 Å². The van der Waals surface area contributed by atoms with Crippen LogP contribution in [0.2, 0.25) is 0 Å². The van der Waals surface area contributed by atoms with Crippen LogP contribution >= 0.6 is 11.3 Å². The Kier molecular flexibility index (Phi) is 9.21. The Labute approximate surface area is 164 Å². The summed E-state index contributed by atoms with van der Waals surface area (Å²) >= 11 is 1.68. The molecule has 27 heavy (non-hydrogen) atoms.